The highest BCUT2D eigenvalue weighted by Crippen LogP contribution is 2.46. The summed E-state index contributed by atoms with van der Waals surface area (Å²) in [6.07, 6.45) is 3.14. The van der Waals surface area contributed by atoms with E-state index in [9.17, 15) is 8.78 Å². The molecule has 0 bridgehead atoms. The summed E-state index contributed by atoms with van der Waals surface area (Å²) in [5, 5.41) is 8.74. The number of hydrogen-bond donors (Lipinski definition) is 0. The van der Waals surface area contributed by atoms with Crippen molar-refractivity contribution in [3.63, 3.8) is 0 Å². The van der Waals surface area contributed by atoms with E-state index in [1.165, 1.54) is 6.07 Å². The molecule has 5 rings (SSSR count). The summed E-state index contributed by atoms with van der Waals surface area (Å²) in [6.45, 7) is 2.04. The molecule has 3 aromatic rings. The molecule has 0 aliphatic carbocycles. The molecule has 10 heteroatoms. The van der Waals surface area contributed by atoms with Gasteiger partial charge in [-0.25, -0.2) is 13.8 Å². The van der Waals surface area contributed by atoms with Gasteiger partial charge in [0.25, 0.3) is 0 Å². The van der Waals surface area contributed by atoms with Crippen LogP contribution in [-0.4, -0.2) is 53.7 Å². The van der Waals surface area contributed by atoms with Gasteiger partial charge in [-0.05, 0) is 25.0 Å². The molecule has 8 nitrogen and oxygen atoms in total. The summed E-state index contributed by atoms with van der Waals surface area (Å²) in [5.74, 6) is 0.564. The predicted octanol–water partition coefficient (Wildman–Crippen LogP) is 3.03. The van der Waals surface area contributed by atoms with Gasteiger partial charge in [0.15, 0.2) is 17.5 Å². The zero-order valence-corrected chi connectivity index (χ0v) is 17.8. The molecule has 1 aromatic carbocycles. The Morgan fingerprint density at radius 3 is 2.56 bits per heavy atom. The number of pyridine rings is 1. The normalized spacial score (nSPS) is 16.8. The van der Waals surface area contributed by atoms with Gasteiger partial charge in [-0.1, -0.05) is 0 Å². The van der Waals surface area contributed by atoms with Gasteiger partial charge in [0.05, 0.1) is 25.6 Å². The van der Waals surface area contributed by atoms with E-state index in [0.29, 0.717) is 49.7 Å². The highest BCUT2D eigenvalue weighted by Gasteiger charge is 2.44. The van der Waals surface area contributed by atoms with Gasteiger partial charge in [0.2, 0.25) is 11.8 Å². The van der Waals surface area contributed by atoms with E-state index in [1.54, 1.807) is 26.5 Å². The Kier molecular flexibility index (Phi) is 5.16. The molecule has 0 radical (unpaired) electrons. The van der Waals surface area contributed by atoms with Gasteiger partial charge in [-0.2, -0.15) is 0 Å². The van der Waals surface area contributed by atoms with Crippen LogP contribution in [0.1, 0.15) is 24.2 Å². The van der Waals surface area contributed by atoms with Gasteiger partial charge in [0, 0.05) is 43.3 Å². The number of rotatable bonds is 5. The third-order valence-corrected chi connectivity index (χ3v) is 6.28. The number of hydrogen-bond acceptors (Lipinski definition) is 7. The molecule has 0 N–H and O–H groups in total. The summed E-state index contributed by atoms with van der Waals surface area (Å²) in [5.41, 5.74) is 1.21. The van der Waals surface area contributed by atoms with Crippen LogP contribution in [0.2, 0.25) is 0 Å². The predicted molar refractivity (Wildman–Crippen MR) is 111 cm³/mol. The van der Waals surface area contributed by atoms with E-state index in [1.807, 2.05) is 10.6 Å². The average Bonchev–Trinajstić information content (AvgIpc) is 3.37. The molecule has 4 heterocycles. The van der Waals surface area contributed by atoms with Gasteiger partial charge < -0.3 is 19.1 Å². The fourth-order valence-electron chi connectivity index (χ4n) is 4.53. The SMILES string of the molecule is COCc1nnc(N2CCC3(CC2)COc2cc(F)c(F)cc23)n1-c1ccc(OC)nc1. The number of nitrogens with zero attached hydrogens (tertiary/aromatic N) is 5. The number of ether oxygens (including phenoxy) is 3. The van der Waals surface area contributed by atoms with E-state index >= 15 is 0 Å². The number of benzene rings is 1. The van der Waals surface area contributed by atoms with Crippen LogP contribution in [0.5, 0.6) is 11.6 Å². The Morgan fingerprint density at radius 1 is 1.09 bits per heavy atom. The molecule has 1 fully saturated rings. The van der Waals surface area contributed by atoms with Crippen molar-refractivity contribution < 1.29 is 23.0 Å². The van der Waals surface area contributed by atoms with Crippen molar-refractivity contribution in [2.75, 3.05) is 38.8 Å². The summed E-state index contributed by atoms with van der Waals surface area (Å²) in [7, 11) is 3.17. The maximum absolute atomic E-state index is 13.9. The minimum absolute atomic E-state index is 0.295. The van der Waals surface area contributed by atoms with Crippen molar-refractivity contribution in [1.82, 2.24) is 19.7 Å². The van der Waals surface area contributed by atoms with E-state index in [2.05, 4.69) is 20.1 Å². The summed E-state index contributed by atoms with van der Waals surface area (Å²) in [4.78, 5) is 6.44. The standard InChI is InChI=1S/C22H23F2N5O3/c1-30-12-19-26-27-21(29(19)14-3-4-20(31-2)25-11-14)28-7-5-22(6-8-28)13-32-18-10-17(24)16(23)9-15(18)22/h3-4,9-11H,5-8,12-13H2,1-2H3. The largest absolute Gasteiger partial charge is 0.492 e. The molecule has 32 heavy (non-hydrogen) atoms. The molecule has 0 unspecified atom stereocenters. The molecular formula is C22H23F2N5O3. The summed E-state index contributed by atoms with van der Waals surface area (Å²) in [6, 6.07) is 6.11. The topological polar surface area (TPSA) is 74.5 Å². The van der Waals surface area contributed by atoms with Gasteiger partial charge in [-0.3, -0.25) is 4.57 Å². The van der Waals surface area contributed by atoms with Crippen molar-refractivity contribution in [3.8, 4) is 17.3 Å². The Hall–Kier alpha value is -3.27. The first-order valence-corrected chi connectivity index (χ1v) is 10.4. The second-order valence-corrected chi connectivity index (χ2v) is 8.06. The summed E-state index contributed by atoms with van der Waals surface area (Å²) >= 11 is 0. The molecule has 1 spiro atoms. The number of aromatic nitrogens is 4. The van der Waals surface area contributed by atoms with Crippen molar-refractivity contribution in [3.05, 3.63) is 53.5 Å². The van der Waals surface area contributed by atoms with E-state index < -0.39 is 11.6 Å². The lowest BCUT2D eigenvalue weighted by molar-refractivity contribution is 0.176. The van der Waals surface area contributed by atoms with Crippen LogP contribution in [0.15, 0.2) is 30.5 Å². The highest BCUT2D eigenvalue weighted by molar-refractivity contribution is 5.48. The number of halogens is 2. The third-order valence-electron chi connectivity index (χ3n) is 6.28. The number of anilines is 1. The first kappa shape index (κ1) is 20.6. The number of methoxy groups -OCH3 is 2. The molecule has 168 valence electrons. The smallest absolute Gasteiger partial charge is 0.232 e. The lowest BCUT2D eigenvalue weighted by Gasteiger charge is -2.38. The Morgan fingerprint density at radius 2 is 1.88 bits per heavy atom. The number of piperidine rings is 1. The van der Waals surface area contributed by atoms with E-state index in [4.69, 9.17) is 14.2 Å². The number of fused-ring (bicyclic) bond motifs is 2. The second-order valence-electron chi connectivity index (χ2n) is 8.06. The molecule has 1 saturated heterocycles. The minimum atomic E-state index is -0.884. The fraction of sp³-hybridized carbons (Fsp3) is 0.409. The van der Waals surface area contributed by atoms with Crippen LogP contribution in [0, 0.1) is 11.6 Å². The molecule has 0 amide bonds. The van der Waals surface area contributed by atoms with Crippen LogP contribution in [0.4, 0.5) is 14.7 Å². The maximum atomic E-state index is 13.9. The Balaban J connectivity index is 1.43. The van der Waals surface area contributed by atoms with Crippen molar-refractivity contribution >= 4 is 5.95 Å². The van der Waals surface area contributed by atoms with Gasteiger partial charge in [-0.15, -0.1) is 10.2 Å². The van der Waals surface area contributed by atoms with Crippen LogP contribution in [-0.2, 0) is 16.8 Å². The third kappa shape index (κ3) is 3.35. The first-order valence-electron chi connectivity index (χ1n) is 10.4. The highest BCUT2D eigenvalue weighted by atomic mass is 19.2. The van der Waals surface area contributed by atoms with Crippen LogP contribution >= 0.6 is 0 Å². The molecule has 2 aliphatic rings. The lowest BCUT2D eigenvalue weighted by atomic mass is 9.74. The molecule has 0 atom stereocenters. The molecular weight excluding hydrogens is 420 g/mol. The average molecular weight is 443 g/mol. The van der Waals surface area contributed by atoms with Crippen molar-refractivity contribution in [2.24, 2.45) is 0 Å². The maximum Gasteiger partial charge on any atom is 0.232 e. The Labute approximate surface area is 183 Å². The summed E-state index contributed by atoms with van der Waals surface area (Å²) < 4.78 is 45.7. The van der Waals surface area contributed by atoms with Crippen LogP contribution in [0.3, 0.4) is 0 Å². The van der Waals surface area contributed by atoms with Crippen molar-refractivity contribution in [1.29, 1.82) is 0 Å². The van der Waals surface area contributed by atoms with Crippen LogP contribution < -0.4 is 14.4 Å². The molecule has 0 saturated carbocycles. The van der Waals surface area contributed by atoms with E-state index in [0.717, 1.165) is 30.2 Å². The fourth-order valence-corrected chi connectivity index (χ4v) is 4.53. The molecule has 2 aliphatic heterocycles. The second kappa shape index (κ2) is 8.01. The molecule has 2 aromatic heterocycles. The minimum Gasteiger partial charge on any atom is -0.492 e. The zero-order valence-electron chi connectivity index (χ0n) is 17.8. The van der Waals surface area contributed by atoms with Gasteiger partial charge in [0.1, 0.15) is 12.4 Å². The lowest BCUT2D eigenvalue weighted by Crippen LogP contribution is -2.44. The van der Waals surface area contributed by atoms with E-state index in [-0.39, 0.29) is 5.41 Å². The first-order chi connectivity index (χ1) is 15.5. The monoisotopic (exact) mass is 443 g/mol. The van der Waals surface area contributed by atoms with Gasteiger partial charge >= 0.3 is 0 Å². The van der Waals surface area contributed by atoms with Crippen LogP contribution in [0.25, 0.3) is 5.69 Å². The Bertz CT molecular complexity index is 1130. The quantitative estimate of drug-likeness (QED) is 0.600. The van der Waals surface area contributed by atoms with Crippen molar-refractivity contribution in [2.45, 2.75) is 24.9 Å². The zero-order chi connectivity index (χ0) is 22.3.